The van der Waals surface area contributed by atoms with Crippen LogP contribution < -0.4 is 10.3 Å². The smallest absolute Gasteiger partial charge is 0.259 e. The molecule has 2 aromatic heterocycles. The first-order valence-corrected chi connectivity index (χ1v) is 10.4. The molecule has 8 heteroatoms. The molecule has 0 unspecified atom stereocenters. The van der Waals surface area contributed by atoms with E-state index in [0.717, 1.165) is 24.1 Å². The first kappa shape index (κ1) is 16.4. The molecular weight excluding hydrogens is 358 g/mol. The number of aromatic nitrogens is 2. The van der Waals surface area contributed by atoms with Crippen LogP contribution in [0.3, 0.4) is 0 Å². The summed E-state index contributed by atoms with van der Waals surface area (Å²) in [5.41, 5.74) is 0.499. The van der Waals surface area contributed by atoms with Crippen LogP contribution in [0.1, 0.15) is 24.6 Å². The fourth-order valence-corrected chi connectivity index (χ4v) is 4.85. The van der Waals surface area contributed by atoms with Gasteiger partial charge in [-0.25, -0.2) is 18.1 Å². The van der Waals surface area contributed by atoms with Crippen molar-refractivity contribution in [3.05, 3.63) is 45.6 Å². The van der Waals surface area contributed by atoms with Crippen molar-refractivity contribution in [2.24, 2.45) is 0 Å². The molecule has 1 aliphatic rings. The van der Waals surface area contributed by atoms with Gasteiger partial charge in [0.05, 0.1) is 10.3 Å². The highest BCUT2D eigenvalue weighted by Gasteiger charge is 2.27. The van der Waals surface area contributed by atoms with E-state index in [2.05, 4.69) is 14.7 Å². The van der Waals surface area contributed by atoms with Gasteiger partial charge in [-0.05, 0) is 49.6 Å². The molecule has 0 radical (unpaired) electrons. The molecule has 1 saturated carbocycles. The van der Waals surface area contributed by atoms with Gasteiger partial charge in [0.1, 0.15) is 10.7 Å². The van der Waals surface area contributed by atoms with Crippen LogP contribution in [-0.4, -0.2) is 24.4 Å². The summed E-state index contributed by atoms with van der Waals surface area (Å²) in [6, 6.07) is 8.35. The van der Waals surface area contributed by atoms with E-state index in [1.807, 2.05) is 13.0 Å². The van der Waals surface area contributed by atoms with Gasteiger partial charge in [-0.2, -0.15) is 0 Å². The third kappa shape index (κ3) is 3.24. The molecule has 1 aromatic carbocycles. The molecule has 130 valence electrons. The van der Waals surface area contributed by atoms with Crippen LogP contribution in [0.25, 0.3) is 21.6 Å². The molecule has 2 heterocycles. The number of nitrogens with one attached hydrogen (secondary N) is 2. The SMILES string of the molecule is CCc1cc2c(=O)[nH]c(-c3ccc(S(=O)(=O)NC4CC4)cc3)nc2s1. The number of fused-ring (bicyclic) bond motifs is 1. The molecule has 25 heavy (non-hydrogen) atoms. The highest BCUT2D eigenvalue weighted by molar-refractivity contribution is 7.89. The quantitative estimate of drug-likeness (QED) is 0.717. The minimum Gasteiger partial charge on any atom is -0.306 e. The van der Waals surface area contributed by atoms with E-state index >= 15 is 0 Å². The summed E-state index contributed by atoms with van der Waals surface area (Å²) in [6.07, 6.45) is 2.64. The maximum atomic E-state index is 12.3. The normalized spacial score (nSPS) is 14.9. The van der Waals surface area contributed by atoms with Gasteiger partial charge in [0, 0.05) is 16.5 Å². The number of rotatable bonds is 5. The second kappa shape index (κ2) is 6.05. The van der Waals surface area contributed by atoms with Crippen LogP contribution in [0.2, 0.25) is 0 Å². The van der Waals surface area contributed by atoms with Crippen molar-refractivity contribution < 1.29 is 8.42 Å². The highest BCUT2D eigenvalue weighted by Crippen LogP contribution is 2.25. The number of sulfonamides is 1. The molecule has 1 aliphatic carbocycles. The Labute approximate surface area is 149 Å². The molecule has 0 atom stereocenters. The molecule has 0 spiro atoms. The van der Waals surface area contributed by atoms with Gasteiger partial charge in [-0.1, -0.05) is 6.92 Å². The van der Waals surface area contributed by atoms with E-state index < -0.39 is 10.0 Å². The highest BCUT2D eigenvalue weighted by atomic mass is 32.2. The van der Waals surface area contributed by atoms with Crippen molar-refractivity contribution in [1.29, 1.82) is 0 Å². The Hall–Kier alpha value is -2.03. The Morgan fingerprint density at radius 3 is 2.64 bits per heavy atom. The van der Waals surface area contributed by atoms with E-state index in [0.29, 0.717) is 21.6 Å². The summed E-state index contributed by atoms with van der Waals surface area (Å²) in [5.74, 6) is 0.445. The molecule has 6 nitrogen and oxygen atoms in total. The van der Waals surface area contributed by atoms with E-state index in [-0.39, 0.29) is 16.5 Å². The first-order chi connectivity index (χ1) is 12.0. The summed E-state index contributed by atoms with van der Waals surface area (Å²) in [5, 5.41) is 0.596. The zero-order valence-corrected chi connectivity index (χ0v) is 15.2. The largest absolute Gasteiger partial charge is 0.306 e. The first-order valence-electron chi connectivity index (χ1n) is 8.12. The molecule has 3 aromatic rings. The minimum absolute atomic E-state index is 0.0664. The molecule has 4 rings (SSSR count). The third-order valence-corrected chi connectivity index (χ3v) is 6.85. The van der Waals surface area contributed by atoms with Crippen molar-refractivity contribution in [2.75, 3.05) is 0 Å². The number of aryl methyl sites for hydroxylation is 1. The van der Waals surface area contributed by atoms with Crippen LogP contribution in [0.4, 0.5) is 0 Å². The maximum absolute atomic E-state index is 12.3. The van der Waals surface area contributed by atoms with Crippen LogP contribution in [-0.2, 0) is 16.4 Å². The standard InChI is InChI=1S/C17H17N3O3S2/c1-2-12-9-14-16(21)18-15(19-17(14)24-12)10-3-7-13(8-4-10)25(22,23)20-11-5-6-11/h3-4,7-9,11,20H,2,5-6H2,1H3,(H,18,19,21). The monoisotopic (exact) mass is 375 g/mol. The summed E-state index contributed by atoms with van der Waals surface area (Å²) < 4.78 is 27.1. The molecule has 2 N–H and O–H groups in total. The molecule has 1 fully saturated rings. The Kier molecular flexibility index (Phi) is 3.98. The average Bonchev–Trinajstić information content (AvgIpc) is 3.29. The summed E-state index contributed by atoms with van der Waals surface area (Å²) in [4.78, 5) is 21.6. The number of thiophene rings is 1. The van der Waals surface area contributed by atoms with E-state index in [1.165, 1.54) is 23.5 Å². The Bertz CT molecular complexity index is 1090. The minimum atomic E-state index is -3.48. The van der Waals surface area contributed by atoms with Gasteiger partial charge in [0.2, 0.25) is 10.0 Å². The lowest BCUT2D eigenvalue weighted by Crippen LogP contribution is -2.25. The number of nitrogens with zero attached hydrogens (tertiary/aromatic N) is 1. The van der Waals surface area contributed by atoms with Crippen LogP contribution >= 0.6 is 11.3 Å². The molecule has 0 bridgehead atoms. The van der Waals surface area contributed by atoms with Crippen molar-refractivity contribution in [2.45, 2.75) is 37.1 Å². The maximum Gasteiger partial charge on any atom is 0.259 e. The molecule has 0 amide bonds. The number of hydrogen-bond donors (Lipinski definition) is 2. The fourth-order valence-electron chi connectivity index (χ4n) is 2.57. The lowest BCUT2D eigenvalue weighted by atomic mass is 10.2. The summed E-state index contributed by atoms with van der Waals surface area (Å²) >= 11 is 1.50. The predicted molar refractivity (Wildman–Crippen MR) is 98.4 cm³/mol. The Morgan fingerprint density at radius 2 is 2.00 bits per heavy atom. The van der Waals surface area contributed by atoms with Crippen molar-refractivity contribution in [3.63, 3.8) is 0 Å². The predicted octanol–water partition coefficient (Wildman–Crippen LogP) is 2.65. The van der Waals surface area contributed by atoms with Crippen molar-refractivity contribution >= 4 is 31.6 Å². The van der Waals surface area contributed by atoms with E-state index in [1.54, 1.807) is 12.1 Å². The van der Waals surface area contributed by atoms with Crippen LogP contribution in [0.5, 0.6) is 0 Å². The fraction of sp³-hybridized carbons (Fsp3) is 0.294. The number of H-pyrrole nitrogens is 1. The molecule has 0 aliphatic heterocycles. The Morgan fingerprint density at radius 1 is 1.28 bits per heavy atom. The lowest BCUT2D eigenvalue weighted by molar-refractivity contribution is 0.581. The molecule has 0 saturated heterocycles. The van der Waals surface area contributed by atoms with Gasteiger partial charge in [-0.3, -0.25) is 4.79 Å². The van der Waals surface area contributed by atoms with E-state index in [4.69, 9.17) is 0 Å². The topological polar surface area (TPSA) is 91.9 Å². The number of hydrogen-bond acceptors (Lipinski definition) is 5. The van der Waals surface area contributed by atoms with Gasteiger partial charge in [0.25, 0.3) is 5.56 Å². The van der Waals surface area contributed by atoms with Gasteiger partial charge >= 0.3 is 0 Å². The van der Waals surface area contributed by atoms with Gasteiger partial charge < -0.3 is 4.98 Å². The zero-order chi connectivity index (χ0) is 17.6. The van der Waals surface area contributed by atoms with Crippen molar-refractivity contribution in [3.8, 4) is 11.4 Å². The molecular formula is C17H17N3O3S2. The lowest BCUT2D eigenvalue weighted by Gasteiger charge is -2.06. The second-order valence-electron chi connectivity index (χ2n) is 6.12. The summed E-state index contributed by atoms with van der Waals surface area (Å²) in [6.45, 7) is 2.04. The van der Waals surface area contributed by atoms with Crippen LogP contribution in [0.15, 0.2) is 40.0 Å². The zero-order valence-electron chi connectivity index (χ0n) is 13.6. The van der Waals surface area contributed by atoms with Gasteiger partial charge in [-0.15, -0.1) is 11.3 Å². The summed E-state index contributed by atoms with van der Waals surface area (Å²) in [7, 11) is -3.48. The number of benzene rings is 1. The number of aromatic amines is 1. The van der Waals surface area contributed by atoms with E-state index in [9.17, 15) is 13.2 Å². The average molecular weight is 375 g/mol. The second-order valence-corrected chi connectivity index (χ2v) is 8.95. The third-order valence-electron chi connectivity index (χ3n) is 4.14. The van der Waals surface area contributed by atoms with Crippen LogP contribution in [0, 0.1) is 0 Å². The van der Waals surface area contributed by atoms with Gasteiger partial charge in [0.15, 0.2) is 0 Å². The Balaban J connectivity index is 1.70. The van der Waals surface area contributed by atoms with Crippen molar-refractivity contribution in [1.82, 2.24) is 14.7 Å².